The monoisotopic (exact) mass is 190 g/mol. The third-order valence-electron chi connectivity index (χ3n) is 1.93. The van der Waals surface area contributed by atoms with Gasteiger partial charge in [-0.2, -0.15) is 0 Å². The summed E-state index contributed by atoms with van der Waals surface area (Å²) in [6.45, 7) is 1.03. The van der Waals surface area contributed by atoms with Gasteiger partial charge in [-0.05, 0) is 6.42 Å². The molecule has 1 heterocycles. The number of esters is 1. The van der Waals surface area contributed by atoms with Crippen LogP contribution in [0.1, 0.15) is 19.8 Å². The molecule has 2 N–H and O–H groups in total. The molecule has 13 heavy (non-hydrogen) atoms. The van der Waals surface area contributed by atoms with Crippen LogP contribution < -0.4 is 0 Å². The highest BCUT2D eigenvalue weighted by Crippen LogP contribution is 2.20. The SMILES string of the molecule is CC(=O)OC1CCC(O)C(CO)O1. The van der Waals surface area contributed by atoms with Crippen molar-refractivity contribution in [1.82, 2.24) is 0 Å². The predicted octanol–water partition coefficient (Wildman–Crippen LogP) is -0.592. The number of hydrogen-bond acceptors (Lipinski definition) is 5. The second-order valence-electron chi connectivity index (χ2n) is 3.04. The van der Waals surface area contributed by atoms with Crippen LogP contribution in [-0.2, 0) is 14.3 Å². The van der Waals surface area contributed by atoms with Crippen molar-refractivity contribution in [2.45, 2.75) is 38.3 Å². The highest BCUT2D eigenvalue weighted by Gasteiger charge is 2.30. The summed E-state index contributed by atoms with van der Waals surface area (Å²) in [5, 5.41) is 18.1. The van der Waals surface area contributed by atoms with E-state index in [4.69, 9.17) is 14.6 Å². The Morgan fingerprint density at radius 1 is 1.62 bits per heavy atom. The Bertz CT molecular complexity index is 181. The minimum absolute atomic E-state index is 0.265. The summed E-state index contributed by atoms with van der Waals surface area (Å²) in [7, 11) is 0. The van der Waals surface area contributed by atoms with E-state index in [0.717, 1.165) is 0 Å². The van der Waals surface area contributed by atoms with Crippen LogP contribution in [0.5, 0.6) is 0 Å². The number of rotatable bonds is 2. The third-order valence-corrected chi connectivity index (χ3v) is 1.93. The van der Waals surface area contributed by atoms with E-state index >= 15 is 0 Å². The van der Waals surface area contributed by atoms with Crippen LogP contribution in [0.2, 0.25) is 0 Å². The van der Waals surface area contributed by atoms with Crippen molar-refractivity contribution in [2.24, 2.45) is 0 Å². The fraction of sp³-hybridized carbons (Fsp3) is 0.875. The van der Waals surface area contributed by atoms with Gasteiger partial charge >= 0.3 is 5.97 Å². The smallest absolute Gasteiger partial charge is 0.304 e. The minimum atomic E-state index is -0.670. The van der Waals surface area contributed by atoms with E-state index in [1.807, 2.05) is 0 Å². The lowest BCUT2D eigenvalue weighted by molar-refractivity contribution is -0.226. The molecule has 76 valence electrons. The summed E-state index contributed by atoms with van der Waals surface area (Å²) in [5.41, 5.74) is 0. The van der Waals surface area contributed by atoms with Gasteiger partial charge in [-0.3, -0.25) is 4.79 Å². The molecule has 5 heteroatoms. The first-order chi connectivity index (χ1) is 6.13. The molecule has 1 aliphatic rings. The lowest BCUT2D eigenvalue weighted by atomic mass is 10.1. The maximum Gasteiger partial charge on any atom is 0.304 e. The largest absolute Gasteiger partial charge is 0.436 e. The van der Waals surface area contributed by atoms with Gasteiger partial charge in [-0.1, -0.05) is 0 Å². The number of ether oxygens (including phenoxy) is 2. The zero-order valence-electron chi connectivity index (χ0n) is 7.47. The molecular formula is C8H14O5. The molecule has 0 aromatic carbocycles. The molecule has 3 atom stereocenters. The fourth-order valence-corrected chi connectivity index (χ4v) is 1.28. The molecule has 0 spiro atoms. The van der Waals surface area contributed by atoms with Crippen LogP contribution in [0.25, 0.3) is 0 Å². The van der Waals surface area contributed by atoms with Crippen LogP contribution in [0.4, 0.5) is 0 Å². The second-order valence-corrected chi connectivity index (χ2v) is 3.04. The molecule has 0 amide bonds. The minimum Gasteiger partial charge on any atom is -0.436 e. The molecule has 0 saturated carbocycles. The molecule has 0 radical (unpaired) electrons. The summed E-state index contributed by atoms with van der Waals surface area (Å²) in [4.78, 5) is 10.6. The number of aliphatic hydroxyl groups is 2. The molecule has 5 nitrogen and oxygen atoms in total. The summed E-state index contributed by atoms with van der Waals surface area (Å²) in [5.74, 6) is -0.418. The van der Waals surface area contributed by atoms with Crippen molar-refractivity contribution in [3.05, 3.63) is 0 Å². The Morgan fingerprint density at radius 2 is 2.31 bits per heavy atom. The van der Waals surface area contributed by atoms with E-state index in [0.29, 0.717) is 12.8 Å². The van der Waals surface area contributed by atoms with Gasteiger partial charge in [0.15, 0.2) is 0 Å². The average Bonchev–Trinajstić information content (AvgIpc) is 2.07. The summed E-state index contributed by atoms with van der Waals surface area (Å²) >= 11 is 0. The van der Waals surface area contributed by atoms with Gasteiger partial charge in [0.25, 0.3) is 0 Å². The van der Waals surface area contributed by atoms with Crippen molar-refractivity contribution in [3.8, 4) is 0 Å². The van der Waals surface area contributed by atoms with Crippen molar-refractivity contribution < 1.29 is 24.5 Å². The van der Waals surface area contributed by atoms with Crippen LogP contribution in [-0.4, -0.2) is 41.3 Å². The van der Waals surface area contributed by atoms with E-state index in [1.165, 1.54) is 6.92 Å². The zero-order chi connectivity index (χ0) is 9.84. The number of carbonyl (C=O) groups is 1. The fourth-order valence-electron chi connectivity index (χ4n) is 1.28. The van der Waals surface area contributed by atoms with Crippen molar-refractivity contribution in [2.75, 3.05) is 6.61 Å². The average molecular weight is 190 g/mol. The van der Waals surface area contributed by atoms with Gasteiger partial charge in [0, 0.05) is 13.3 Å². The molecule has 0 bridgehead atoms. The maximum atomic E-state index is 10.6. The van der Waals surface area contributed by atoms with Crippen molar-refractivity contribution in [1.29, 1.82) is 0 Å². The Labute approximate surface area is 76.3 Å². The number of hydrogen-bond donors (Lipinski definition) is 2. The van der Waals surface area contributed by atoms with E-state index in [-0.39, 0.29) is 6.61 Å². The van der Waals surface area contributed by atoms with Gasteiger partial charge < -0.3 is 19.7 Å². The summed E-state index contributed by atoms with van der Waals surface area (Å²) in [6.07, 6.45) is -0.992. The van der Waals surface area contributed by atoms with Crippen LogP contribution >= 0.6 is 0 Å². The van der Waals surface area contributed by atoms with Crippen LogP contribution in [0.15, 0.2) is 0 Å². The Morgan fingerprint density at radius 3 is 2.85 bits per heavy atom. The summed E-state index contributed by atoms with van der Waals surface area (Å²) in [6, 6.07) is 0. The van der Waals surface area contributed by atoms with Gasteiger partial charge in [0.2, 0.25) is 6.29 Å². The van der Waals surface area contributed by atoms with Crippen LogP contribution in [0, 0.1) is 0 Å². The van der Waals surface area contributed by atoms with Gasteiger partial charge in [0.1, 0.15) is 6.10 Å². The standard InChI is InChI=1S/C8H14O5/c1-5(10)12-8-3-2-6(11)7(4-9)13-8/h6-9,11H,2-4H2,1H3. The zero-order valence-corrected chi connectivity index (χ0v) is 7.47. The van der Waals surface area contributed by atoms with E-state index in [9.17, 15) is 9.90 Å². The molecule has 0 aromatic rings. The highest BCUT2D eigenvalue weighted by molar-refractivity contribution is 5.66. The normalized spacial score (nSPS) is 34.2. The van der Waals surface area contributed by atoms with Gasteiger partial charge in [-0.25, -0.2) is 0 Å². The van der Waals surface area contributed by atoms with Crippen molar-refractivity contribution in [3.63, 3.8) is 0 Å². The molecule has 0 aliphatic carbocycles. The topological polar surface area (TPSA) is 76.0 Å². The van der Waals surface area contributed by atoms with Gasteiger partial charge in [-0.15, -0.1) is 0 Å². The molecule has 1 rings (SSSR count). The maximum absolute atomic E-state index is 10.6. The van der Waals surface area contributed by atoms with E-state index in [1.54, 1.807) is 0 Å². The van der Waals surface area contributed by atoms with E-state index in [2.05, 4.69) is 0 Å². The van der Waals surface area contributed by atoms with Gasteiger partial charge in [0.05, 0.1) is 12.7 Å². The Kier molecular flexibility index (Phi) is 3.65. The first-order valence-electron chi connectivity index (χ1n) is 4.25. The molecule has 1 fully saturated rings. The lowest BCUT2D eigenvalue weighted by Gasteiger charge is -2.31. The Hall–Kier alpha value is -0.650. The van der Waals surface area contributed by atoms with E-state index < -0.39 is 24.5 Å². The van der Waals surface area contributed by atoms with Crippen LogP contribution in [0.3, 0.4) is 0 Å². The first kappa shape index (κ1) is 10.4. The highest BCUT2D eigenvalue weighted by atomic mass is 16.7. The molecule has 1 aliphatic heterocycles. The second kappa shape index (κ2) is 4.55. The number of carbonyl (C=O) groups excluding carboxylic acids is 1. The third kappa shape index (κ3) is 2.95. The lowest BCUT2D eigenvalue weighted by Crippen LogP contribution is -2.42. The number of aliphatic hydroxyl groups excluding tert-OH is 2. The quantitative estimate of drug-likeness (QED) is 0.569. The molecule has 1 saturated heterocycles. The molecule has 0 aromatic heterocycles. The Balaban J connectivity index is 2.40. The molecule has 3 unspecified atom stereocenters. The predicted molar refractivity (Wildman–Crippen MR) is 42.8 cm³/mol. The summed E-state index contributed by atoms with van der Waals surface area (Å²) < 4.78 is 9.90. The van der Waals surface area contributed by atoms with Crippen molar-refractivity contribution >= 4 is 5.97 Å². The molecular weight excluding hydrogens is 176 g/mol. The first-order valence-corrected chi connectivity index (χ1v) is 4.25.